The number of piperazine rings is 1. The number of nitrogens with zero attached hydrogens (tertiary/aromatic N) is 2. The Morgan fingerprint density at radius 3 is 2.40 bits per heavy atom. The van der Waals surface area contributed by atoms with Crippen molar-refractivity contribution in [3.63, 3.8) is 0 Å². The smallest absolute Gasteiger partial charge is 0.219 e. The van der Waals surface area contributed by atoms with E-state index >= 15 is 0 Å². The fraction of sp³-hybridized carbons (Fsp3) is 0.800. The van der Waals surface area contributed by atoms with E-state index in [0.717, 1.165) is 52.2 Å². The number of amides is 2. The lowest BCUT2D eigenvalue weighted by Gasteiger charge is -2.37. The monoisotopic (exact) mass is 350 g/mol. The quantitative estimate of drug-likeness (QED) is 0.746. The molecular weight excluding hydrogens is 314 g/mol. The molecular formula is C20H36N3O2+. The summed E-state index contributed by atoms with van der Waals surface area (Å²) in [6.07, 6.45) is 3.54. The number of carbonyl (C=O) groups is 2. The largest absolute Gasteiger partial charge is 0.337 e. The summed E-state index contributed by atoms with van der Waals surface area (Å²) in [5.74, 6) is 2.09. The molecule has 0 unspecified atom stereocenters. The predicted octanol–water partition coefficient (Wildman–Crippen LogP) is 0.820. The number of hydrogen-bond donors (Lipinski definition) is 1. The van der Waals surface area contributed by atoms with Gasteiger partial charge >= 0.3 is 0 Å². The van der Waals surface area contributed by atoms with Crippen LogP contribution in [0.1, 0.15) is 41.0 Å². The Hall–Kier alpha value is -1.36. The summed E-state index contributed by atoms with van der Waals surface area (Å²) in [5.41, 5.74) is 1.48. The summed E-state index contributed by atoms with van der Waals surface area (Å²) in [7, 11) is 0. The van der Waals surface area contributed by atoms with E-state index < -0.39 is 0 Å². The van der Waals surface area contributed by atoms with Crippen LogP contribution in [0.15, 0.2) is 11.6 Å². The van der Waals surface area contributed by atoms with Crippen molar-refractivity contribution >= 4 is 11.8 Å². The maximum atomic E-state index is 12.2. The first-order chi connectivity index (χ1) is 11.8. The van der Waals surface area contributed by atoms with E-state index in [2.05, 4.69) is 31.7 Å². The molecule has 0 radical (unpaired) electrons. The van der Waals surface area contributed by atoms with Gasteiger partial charge in [-0.15, -0.1) is 0 Å². The Bertz CT molecular complexity index is 509. The summed E-state index contributed by atoms with van der Waals surface area (Å²) < 4.78 is 0. The summed E-state index contributed by atoms with van der Waals surface area (Å²) >= 11 is 0. The second-order valence-corrected chi connectivity index (χ2v) is 8.19. The van der Waals surface area contributed by atoms with Crippen molar-refractivity contribution in [2.75, 3.05) is 45.8 Å². The maximum absolute atomic E-state index is 12.2. The Balaban J connectivity index is 1.85. The molecule has 1 saturated heterocycles. The Labute approximate surface area is 153 Å². The zero-order valence-electron chi connectivity index (χ0n) is 16.7. The zero-order chi connectivity index (χ0) is 18.6. The van der Waals surface area contributed by atoms with E-state index in [9.17, 15) is 9.59 Å². The Kier molecular flexibility index (Phi) is 7.05. The standard InChI is InChI=1S/C20H35N3O2/c1-15-12-16(2)20(17(3)13-15)14-23(19(5)25)11-8-21-6-9-22(10-7-21)18(4)24/h12,16-17,20H,6-11,13-14H2,1-5H3/p+1/t16-,17+,20-/m0/s1. The molecule has 1 N–H and O–H groups in total. The predicted molar refractivity (Wildman–Crippen MR) is 100 cm³/mol. The van der Waals surface area contributed by atoms with E-state index in [0.29, 0.717) is 17.8 Å². The lowest BCUT2D eigenvalue weighted by atomic mass is 9.75. The Morgan fingerprint density at radius 1 is 1.24 bits per heavy atom. The van der Waals surface area contributed by atoms with Crippen LogP contribution in [0.4, 0.5) is 0 Å². The number of quaternary nitrogens is 1. The molecule has 1 aliphatic heterocycles. The van der Waals surface area contributed by atoms with Crippen LogP contribution in [-0.4, -0.2) is 67.4 Å². The number of carbonyl (C=O) groups excluding carboxylic acids is 2. The number of allylic oxidation sites excluding steroid dienone is 2. The minimum Gasteiger partial charge on any atom is -0.337 e. The molecule has 3 atom stereocenters. The molecule has 5 nitrogen and oxygen atoms in total. The molecule has 142 valence electrons. The molecule has 2 rings (SSSR count). The summed E-state index contributed by atoms with van der Waals surface area (Å²) in [4.78, 5) is 29.1. The lowest BCUT2D eigenvalue weighted by Crippen LogP contribution is -3.15. The van der Waals surface area contributed by atoms with Gasteiger partial charge in [0.1, 0.15) is 0 Å². The molecule has 1 fully saturated rings. The van der Waals surface area contributed by atoms with Crippen molar-refractivity contribution in [2.45, 2.75) is 41.0 Å². The van der Waals surface area contributed by atoms with E-state index in [1.165, 1.54) is 10.5 Å². The Morgan fingerprint density at radius 2 is 1.88 bits per heavy atom. The molecule has 0 aromatic rings. The van der Waals surface area contributed by atoms with Crippen LogP contribution < -0.4 is 4.90 Å². The van der Waals surface area contributed by atoms with Gasteiger partial charge in [-0.3, -0.25) is 9.59 Å². The van der Waals surface area contributed by atoms with Gasteiger partial charge in [0.25, 0.3) is 0 Å². The molecule has 0 saturated carbocycles. The van der Waals surface area contributed by atoms with Crippen molar-refractivity contribution in [1.29, 1.82) is 0 Å². The fourth-order valence-corrected chi connectivity index (χ4v) is 4.48. The number of nitrogens with one attached hydrogen (secondary N) is 1. The molecule has 1 aliphatic carbocycles. The SMILES string of the molecule is CC(=O)N1CC[NH+](CCN(C[C@@H]2[C@H](C)CC(C)=C[C@@H]2C)C(C)=O)CC1. The molecule has 2 aliphatic rings. The van der Waals surface area contributed by atoms with Gasteiger partial charge in [-0.25, -0.2) is 0 Å². The number of hydrogen-bond acceptors (Lipinski definition) is 2. The van der Waals surface area contributed by atoms with E-state index in [4.69, 9.17) is 0 Å². The van der Waals surface area contributed by atoms with Gasteiger partial charge in [0.15, 0.2) is 0 Å². The van der Waals surface area contributed by atoms with Gasteiger partial charge in [0, 0.05) is 20.4 Å². The van der Waals surface area contributed by atoms with Gasteiger partial charge in [0.05, 0.1) is 39.3 Å². The minimum atomic E-state index is 0.174. The van der Waals surface area contributed by atoms with Gasteiger partial charge < -0.3 is 14.7 Å². The fourth-order valence-electron chi connectivity index (χ4n) is 4.48. The van der Waals surface area contributed by atoms with Crippen LogP contribution in [0.25, 0.3) is 0 Å². The third kappa shape index (κ3) is 5.56. The minimum absolute atomic E-state index is 0.174. The van der Waals surface area contributed by atoms with E-state index in [-0.39, 0.29) is 11.8 Å². The van der Waals surface area contributed by atoms with Crippen molar-refractivity contribution in [3.05, 3.63) is 11.6 Å². The van der Waals surface area contributed by atoms with E-state index in [1.807, 2.05) is 4.90 Å². The van der Waals surface area contributed by atoms with Gasteiger partial charge in [0.2, 0.25) is 11.8 Å². The van der Waals surface area contributed by atoms with Crippen LogP contribution in [0, 0.1) is 17.8 Å². The molecule has 0 spiro atoms. The van der Waals surface area contributed by atoms with Crippen molar-refractivity contribution in [2.24, 2.45) is 17.8 Å². The highest BCUT2D eigenvalue weighted by Crippen LogP contribution is 2.33. The topological polar surface area (TPSA) is 45.1 Å². The molecule has 0 aromatic carbocycles. The van der Waals surface area contributed by atoms with Crippen molar-refractivity contribution in [3.8, 4) is 0 Å². The number of rotatable bonds is 5. The average Bonchev–Trinajstić information content (AvgIpc) is 2.53. The lowest BCUT2D eigenvalue weighted by molar-refractivity contribution is -0.903. The first-order valence-electron chi connectivity index (χ1n) is 9.79. The highest BCUT2D eigenvalue weighted by Gasteiger charge is 2.30. The molecule has 0 aromatic heterocycles. The first kappa shape index (κ1) is 20.0. The second kappa shape index (κ2) is 8.84. The van der Waals surface area contributed by atoms with Gasteiger partial charge in [-0.05, 0) is 31.1 Å². The van der Waals surface area contributed by atoms with Crippen molar-refractivity contribution in [1.82, 2.24) is 9.80 Å². The van der Waals surface area contributed by atoms with Crippen LogP contribution in [0.5, 0.6) is 0 Å². The maximum Gasteiger partial charge on any atom is 0.219 e. The highest BCUT2D eigenvalue weighted by molar-refractivity contribution is 5.73. The summed E-state index contributed by atoms with van der Waals surface area (Å²) in [6, 6.07) is 0. The molecule has 25 heavy (non-hydrogen) atoms. The summed E-state index contributed by atoms with van der Waals surface area (Å²) in [6.45, 7) is 16.5. The van der Waals surface area contributed by atoms with Crippen LogP contribution in [-0.2, 0) is 9.59 Å². The molecule has 5 heteroatoms. The highest BCUT2D eigenvalue weighted by atomic mass is 16.2. The average molecular weight is 351 g/mol. The van der Waals surface area contributed by atoms with E-state index in [1.54, 1.807) is 13.8 Å². The molecule has 0 bridgehead atoms. The molecule has 1 heterocycles. The normalized spacial score (nSPS) is 27.8. The van der Waals surface area contributed by atoms with Gasteiger partial charge in [-0.2, -0.15) is 0 Å². The second-order valence-electron chi connectivity index (χ2n) is 8.19. The van der Waals surface area contributed by atoms with Gasteiger partial charge in [-0.1, -0.05) is 25.5 Å². The van der Waals surface area contributed by atoms with Crippen molar-refractivity contribution < 1.29 is 14.5 Å². The third-order valence-electron chi connectivity index (χ3n) is 6.13. The molecule has 2 amide bonds. The van der Waals surface area contributed by atoms with Crippen LogP contribution in [0.3, 0.4) is 0 Å². The summed E-state index contributed by atoms with van der Waals surface area (Å²) in [5, 5.41) is 0. The van der Waals surface area contributed by atoms with Crippen LogP contribution >= 0.6 is 0 Å². The first-order valence-corrected chi connectivity index (χ1v) is 9.79. The van der Waals surface area contributed by atoms with Crippen LogP contribution in [0.2, 0.25) is 0 Å². The zero-order valence-corrected chi connectivity index (χ0v) is 16.7. The third-order valence-corrected chi connectivity index (χ3v) is 6.13.